The molecule has 0 fully saturated rings. The summed E-state index contributed by atoms with van der Waals surface area (Å²) in [6, 6.07) is 6.51. The van der Waals surface area contributed by atoms with Gasteiger partial charge in [-0.3, -0.25) is 0 Å². The smallest absolute Gasteiger partial charge is 0.184 e. The number of nitrogens with zero attached hydrogens (tertiary/aromatic N) is 1. The lowest BCUT2D eigenvalue weighted by molar-refractivity contribution is 0.341. The van der Waals surface area contributed by atoms with Crippen molar-refractivity contribution in [2.75, 3.05) is 11.9 Å². The van der Waals surface area contributed by atoms with E-state index in [1.54, 1.807) is 11.3 Å². The lowest BCUT2D eigenvalue weighted by Crippen LogP contribution is -2.22. The number of benzene rings is 1. The average Bonchev–Trinajstić information content (AvgIpc) is 2.79. The van der Waals surface area contributed by atoms with Gasteiger partial charge in [0.15, 0.2) is 5.13 Å². The molecule has 0 radical (unpaired) electrons. The third kappa shape index (κ3) is 3.38. The van der Waals surface area contributed by atoms with Gasteiger partial charge in [0.1, 0.15) is 5.75 Å². The molecule has 19 heavy (non-hydrogen) atoms. The third-order valence-electron chi connectivity index (χ3n) is 3.52. The molecule has 1 aromatic heterocycles. The summed E-state index contributed by atoms with van der Waals surface area (Å²) in [7, 11) is 0. The number of rotatable bonds is 6. The molecule has 0 saturated heterocycles. The number of nitrogens with one attached hydrogen (secondary N) is 1. The molecule has 2 rings (SSSR count). The van der Waals surface area contributed by atoms with Gasteiger partial charge in [0.25, 0.3) is 0 Å². The number of anilines is 1. The van der Waals surface area contributed by atoms with E-state index in [2.05, 4.69) is 37.1 Å². The lowest BCUT2D eigenvalue weighted by atomic mass is 10.0. The topological polar surface area (TPSA) is 34.1 Å². The van der Waals surface area contributed by atoms with Gasteiger partial charge in [-0.1, -0.05) is 31.6 Å². The van der Waals surface area contributed by atoms with E-state index >= 15 is 0 Å². The van der Waals surface area contributed by atoms with Crippen LogP contribution < -0.4 is 10.1 Å². The second-order valence-corrected chi connectivity index (χ2v) is 5.93. The molecule has 2 aromatic rings. The molecule has 3 nitrogen and oxygen atoms in total. The van der Waals surface area contributed by atoms with Crippen molar-refractivity contribution in [1.82, 2.24) is 4.98 Å². The highest BCUT2D eigenvalue weighted by molar-refractivity contribution is 7.22. The predicted octanol–water partition coefficient (Wildman–Crippen LogP) is 4.54. The zero-order valence-electron chi connectivity index (χ0n) is 12.1. The van der Waals surface area contributed by atoms with Gasteiger partial charge in [0, 0.05) is 6.04 Å². The summed E-state index contributed by atoms with van der Waals surface area (Å²) in [5.74, 6) is 1.56. The molecule has 104 valence electrons. The molecular formula is C15H22N2OS. The van der Waals surface area contributed by atoms with Crippen molar-refractivity contribution in [3.63, 3.8) is 0 Å². The van der Waals surface area contributed by atoms with Crippen molar-refractivity contribution in [3.8, 4) is 5.75 Å². The van der Waals surface area contributed by atoms with Crippen LogP contribution in [0.15, 0.2) is 18.2 Å². The fraction of sp³-hybridized carbons (Fsp3) is 0.533. The predicted molar refractivity (Wildman–Crippen MR) is 83.3 cm³/mol. The van der Waals surface area contributed by atoms with Gasteiger partial charge in [0.05, 0.1) is 16.8 Å². The summed E-state index contributed by atoms with van der Waals surface area (Å²) in [6.45, 7) is 9.39. The SMILES string of the molecule is CCOc1ccc2nc(NC(C)C(C)CC)sc2c1. The van der Waals surface area contributed by atoms with Crippen molar-refractivity contribution in [1.29, 1.82) is 0 Å². The quantitative estimate of drug-likeness (QED) is 0.842. The van der Waals surface area contributed by atoms with Crippen LogP contribution in [0.4, 0.5) is 5.13 Å². The van der Waals surface area contributed by atoms with Crippen LogP contribution in [0.25, 0.3) is 10.2 Å². The maximum absolute atomic E-state index is 5.52. The number of ether oxygens (including phenoxy) is 1. The van der Waals surface area contributed by atoms with Gasteiger partial charge in [-0.25, -0.2) is 4.98 Å². The Morgan fingerprint density at radius 1 is 1.32 bits per heavy atom. The van der Waals surface area contributed by atoms with Gasteiger partial charge in [-0.15, -0.1) is 0 Å². The molecule has 4 heteroatoms. The molecule has 2 unspecified atom stereocenters. The molecule has 0 aliphatic rings. The standard InChI is InChI=1S/C15H22N2OS/c1-5-10(3)11(4)16-15-17-13-8-7-12(18-6-2)9-14(13)19-15/h7-11H,5-6H2,1-4H3,(H,16,17). The minimum atomic E-state index is 0.442. The summed E-state index contributed by atoms with van der Waals surface area (Å²) in [6.07, 6.45) is 1.17. The van der Waals surface area contributed by atoms with E-state index in [1.165, 1.54) is 11.1 Å². The van der Waals surface area contributed by atoms with E-state index in [1.807, 2.05) is 19.1 Å². The first kappa shape index (κ1) is 14.1. The van der Waals surface area contributed by atoms with E-state index in [0.29, 0.717) is 18.6 Å². The van der Waals surface area contributed by atoms with Gasteiger partial charge in [0.2, 0.25) is 0 Å². The van der Waals surface area contributed by atoms with Crippen LogP contribution in [-0.4, -0.2) is 17.6 Å². The molecule has 1 aromatic carbocycles. The van der Waals surface area contributed by atoms with Gasteiger partial charge in [-0.2, -0.15) is 0 Å². The van der Waals surface area contributed by atoms with E-state index in [-0.39, 0.29) is 0 Å². The largest absolute Gasteiger partial charge is 0.494 e. The minimum Gasteiger partial charge on any atom is -0.494 e. The summed E-state index contributed by atoms with van der Waals surface area (Å²) < 4.78 is 6.69. The van der Waals surface area contributed by atoms with Gasteiger partial charge in [-0.05, 0) is 38.0 Å². The number of thiazole rings is 1. The first-order valence-electron chi connectivity index (χ1n) is 6.94. The number of hydrogen-bond donors (Lipinski definition) is 1. The maximum Gasteiger partial charge on any atom is 0.184 e. The van der Waals surface area contributed by atoms with Crippen molar-refractivity contribution in [2.45, 2.75) is 40.2 Å². The maximum atomic E-state index is 5.52. The highest BCUT2D eigenvalue weighted by Crippen LogP contribution is 2.30. The Morgan fingerprint density at radius 2 is 2.11 bits per heavy atom. The number of hydrogen-bond acceptors (Lipinski definition) is 4. The summed E-state index contributed by atoms with van der Waals surface area (Å²) in [5, 5.41) is 4.50. The van der Waals surface area contributed by atoms with E-state index in [0.717, 1.165) is 16.4 Å². The molecule has 0 amide bonds. The fourth-order valence-corrected chi connectivity index (χ4v) is 2.90. The van der Waals surface area contributed by atoms with Gasteiger partial charge >= 0.3 is 0 Å². The Kier molecular flexibility index (Phi) is 4.64. The molecule has 1 N–H and O–H groups in total. The molecule has 2 atom stereocenters. The van der Waals surface area contributed by atoms with Crippen LogP contribution in [-0.2, 0) is 0 Å². The van der Waals surface area contributed by atoms with E-state index < -0.39 is 0 Å². The minimum absolute atomic E-state index is 0.442. The highest BCUT2D eigenvalue weighted by atomic mass is 32.1. The van der Waals surface area contributed by atoms with Crippen molar-refractivity contribution < 1.29 is 4.74 Å². The van der Waals surface area contributed by atoms with Crippen LogP contribution in [0.3, 0.4) is 0 Å². The fourth-order valence-electron chi connectivity index (χ4n) is 1.91. The first-order valence-corrected chi connectivity index (χ1v) is 7.75. The molecule has 1 heterocycles. The molecule has 0 spiro atoms. The Bertz CT molecular complexity index is 538. The Labute approximate surface area is 119 Å². The van der Waals surface area contributed by atoms with Crippen LogP contribution in [0.1, 0.15) is 34.1 Å². The third-order valence-corrected chi connectivity index (χ3v) is 4.47. The summed E-state index contributed by atoms with van der Waals surface area (Å²) in [5.41, 5.74) is 1.03. The zero-order chi connectivity index (χ0) is 13.8. The second kappa shape index (κ2) is 6.24. The van der Waals surface area contributed by atoms with E-state index in [4.69, 9.17) is 4.74 Å². The summed E-state index contributed by atoms with van der Waals surface area (Å²) in [4.78, 5) is 4.62. The highest BCUT2D eigenvalue weighted by Gasteiger charge is 2.12. The van der Waals surface area contributed by atoms with Crippen LogP contribution in [0, 0.1) is 5.92 Å². The lowest BCUT2D eigenvalue weighted by Gasteiger charge is -2.18. The molecule has 0 saturated carbocycles. The second-order valence-electron chi connectivity index (χ2n) is 4.90. The normalized spacial score (nSPS) is 14.3. The Hall–Kier alpha value is -1.29. The molecule has 0 aliphatic heterocycles. The Morgan fingerprint density at radius 3 is 2.79 bits per heavy atom. The zero-order valence-corrected chi connectivity index (χ0v) is 12.9. The van der Waals surface area contributed by atoms with Crippen LogP contribution in [0.2, 0.25) is 0 Å². The number of fused-ring (bicyclic) bond motifs is 1. The molecule has 0 aliphatic carbocycles. The first-order chi connectivity index (χ1) is 9.13. The summed E-state index contributed by atoms with van der Waals surface area (Å²) >= 11 is 1.69. The van der Waals surface area contributed by atoms with Crippen molar-refractivity contribution in [3.05, 3.63) is 18.2 Å². The molecule has 0 bridgehead atoms. The van der Waals surface area contributed by atoms with Crippen LogP contribution >= 0.6 is 11.3 Å². The Balaban J connectivity index is 2.17. The molecular weight excluding hydrogens is 256 g/mol. The van der Waals surface area contributed by atoms with Gasteiger partial charge < -0.3 is 10.1 Å². The number of aromatic nitrogens is 1. The van der Waals surface area contributed by atoms with Crippen molar-refractivity contribution >= 4 is 26.7 Å². The van der Waals surface area contributed by atoms with Crippen molar-refractivity contribution in [2.24, 2.45) is 5.92 Å². The average molecular weight is 278 g/mol. The monoisotopic (exact) mass is 278 g/mol. The van der Waals surface area contributed by atoms with E-state index in [9.17, 15) is 0 Å². The van der Waals surface area contributed by atoms with Crippen LogP contribution in [0.5, 0.6) is 5.75 Å².